The Bertz CT molecular complexity index is 3300. The average molecular weight is 855 g/mol. The highest BCUT2D eigenvalue weighted by molar-refractivity contribution is 6.05. The maximum absolute atomic E-state index is 5.49. The van der Waals surface area contributed by atoms with Crippen molar-refractivity contribution in [3.8, 4) is 56.2 Å². The van der Waals surface area contributed by atoms with Gasteiger partial charge in [-0.2, -0.15) is 0 Å². The predicted molar refractivity (Wildman–Crippen MR) is 273 cm³/mol. The highest BCUT2D eigenvalue weighted by atomic mass is 14.9. The van der Waals surface area contributed by atoms with E-state index in [1.165, 1.54) is 55.3 Å². The van der Waals surface area contributed by atoms with Crippen molar-refractivity contribution in [1.82, 2.24) is 19.9 Å². The van der Waals surface area contributed by atoms with Crippen molar-refractivity contribution in [3.05, 3.63) is 210 Å². The molecule has 0 fully saturated rings. The summed E-state index contributed by atoms with van der Waals surface area (Å²) in [5.74, 6) is 3.15. The largest absolute Gasteiger partial charge is 0.232 e. The van der Waals surface area contributed by atoms with Gasteiger partial charge in [-0.25, -0.2) is 19.9 Å². The second-order valence-electron chi connectivity index (χ2n) is 20.2. The van der Waals surface area contributed by atoms with Gasteiger partial charge in [0.25, 0.3) is 0 Å². The Morgan fingerprint density at radius 1 is 0.500 bits per heavy atom. The maximum atomic E-state index is 5.49. The maximum Gasteiger partial charge on any atom is 0.160 e. The van der Waals surface area contributed by atoms with Gasteiger partial charge in [0.05, 0.1) is 22.8 Å². The normalized spacial score (nSPS) is 22.7. The molecule has 2 heterocycles. The van der Waals surface area contributed by atoms with Gasteiger partial charge in [0.2, 0.25) is 0 Å². The Morgan fingerprint density at radius 2 is 1.06 bits per heavy atom. The van der Waals surface area contributed by atoms with Gasteiger partial charge in [0.1, 0.15) is 5.82 Å². The third kappa shape index (κ3) is 6.25. The Balaban J connectivity index is 0.914. The lowest BCUT2D eigenvalue weighted by molar-refractivity contribution is 0.394. The Hall–Kier alpha value is -7.04. The smallest absolute Gasteiger partial charge is 0.160 e. The lowest BCUT2D eigenvalue weighted by atomic mass is 9.73. The van der Waals surface area contributed by atoms with Gasteiger partial charge in [-0.15, -0.1) is 0 Å². The fourth-order valence-electron chi connectivity index (χ4n) is 12.2. The highest BCUT2D eigenvalue weighted by Crippen LogP contribution is 2.56. The van der Waals surface area contributed by atoms with Gasteiger partial charge in [-0.05, 0) is 62.8 Å². The first-order valence-corrected chi connectivity index (χ1v) is 23.8. The summed E-state index contributed by atoms with van der Waals surface area (Å²) in [4.78, 5) is 21.6. The summed E-state index contributed by atoms with van der Waals surface area (Å²) in [6.07, 6.45) is 23.6. The van der Waals surface area contributed by atoms with Gasteiger partial charge >= 0.3 is 0 Å². The van der Waals surface area contributed by atoms with E-state index < -0.39 is 0 Å². The van der Waals surface area contributed by atoms with Crippen molar-refractivity contribution in [2.24, 2.45) is 17.8 Å². The average Bonchev–Trinajstić information content (AvgIpc) is 3.73. The third-order valence-electron chi connectivity index (χ3n) is 15.5. The summed E-state index contributed by atoms with van der Waals surface area (Å²) in [6.45, 7) is 14.1. The molecule has 5 aliphatic rings. The zero-order chi connectivity index (χ0) is 44.9. The molecule has 0 aliphatic heterocycles. The zero-order valence-corrected chi connectivity index (χ0v) is 38.6. The third-order valence-corrected chi connectivity index (χ3v) is 15.5. The monoisotopic (exact) mass is 854 g/mol. The lowest BCUT2D eigenvalue weighted by Crippen LogP contribution is -2.25. The van der Waals surface area contributed by atoms with Crippen molar-refractivity contribution in [3.63, 3.8) is 0 Å². The molecule has 0 bridgehead atoms. The molecule has 12 rings (SSSR count). The molecule has 4 heteroatoms. The zero-order valence-electron chi connectivity index (χ0n) is 38.6. The molecule has 0 spiro atoms. The van der Waals surface area contributed by atoms with Crippen LogP contribution in [-0.4, -0.2) is 19.9 Å². The summed E-state index contributed by atoms with van der Waals surface area (Å²) >= 11 is 0. The lowest BCUT2D eigenvalue weighted by Gasteiger charge is -2.31. The first-order valence-electron chi connectivity index (χ1n) is 23.8. The number of nitrogens with zero attached hydrogens (tertiary/aromatic N) is 4. The number of benzene rings is 5. The molecule has 5 unspecified atom stereocenters. The van der Waals surface area contributed by atoms with Crippen LogP contribution in [0.1, 0.15) is 88.1 Å². The Morgan fingerprint density at radius 3 is 1.71 bits per heavy atom. The SMILES string of the molecule is CC1CC=CC2=C1C(C)(C)c1c2nc(C2C=CC=CC2C)nc1-c1ccc(-c2ccc(-c3ccc(-c4nc(-c5ccccc5)nc5c4C(C)(C)C4C=CC=CC54)cc3)c3ccccc23)cc1. The summed E-state index contributed by atoms with van der Waals surface area (Å²) < 4.78 is 0. The fourth-order valence-corrected chi connectivity index (χ4v) is 12.2. The first-order chi connectivity index (χ1) is 32.1. The van der Waals surface area contributed by atoms with Crippen molar-refractivity contribution >= 4 is 16.3 Å². The van der Waals surface area contributed by atoms with Crippen molar-refractivity contribution in [1.29, 1.82) is 0 Å². The molecule has 66 heavy (non-hydrogen) atoms. The topological polar surface area (TPSA) is 51.6 Å². The number of hydrogen-bond donors (Lipinski definition) is 0. The van der Waals surface area contributed by atoms with E-state index in [0.717, 1.165) is 57.5 Å². The second kappa shape index (κ2) is 15.3. The van der Waals surface area contributed by atoms with E-state index in [0.29, 0.717) is 17.8 Å². The van der Waals surface area contributed by atoms with Crippen LogP contribution < -0.4 is 0 Å². The molecule has 0 amide bonds. The molecule has 7 aromatic rings. The highest BCUT2D eigenvalue weighted by Gasteiger charge is 2.48. The molecule has 0 N–H and O–H groups in total. The van der Waals surface area contributed by atoms with Gasteiger partial charge < -0.3 is 0 Å². The van der Waals surface area contributed by atoms with E-state index in [1.807, 2.05) is 6.07 Å². The molecule has 2 aromatic heterocycles. The molecular formula is C62H54N4. The van der Waals surface area contributed by atoms with E-state index in [4.69, 9.17) is 19.9 Å². The molecule has 4 nitrogen and oxygen atoms in total. The van der Waals surface area contributed by atoms with Crippen molar-refractivity contribution in [2.75, 3.05) is 0 Å². The number of aromatic nitrogens is 4. The van der Waals surface area contributed by atoms with Crippen molar-refractivity contribution < 1.29 is 0 Å². The summed E-state index contributed by atoms with van der Waals surface area (Å²) in [6, 6.07) is 42.1. The van der Waals surface area contributed by atoms with Crippen LogP contribution in [0.5, 0.6) is 0 Å². The van der Waals surface area contributed by atoms with Gasteiger partial charge in [-0.3, -0.25) is 0 Å². The van der Waals surface area contributed by atoms with Crippen LogP contribution in [0.4, 0.5) is 0 Å². The van der Waals surface area contributed by atoms with Crippen LogP contribution in [-0.2, 0) is 10.8 Å². The summed E-state index contributed by atoms with van der Waals surface area (Å²) in [7, 11) is 0. The molecule has 5 atom stereocenters. The van der Waals surface area contributed by atoms with Gasteiger partial charge in [0, 0.05) is 56.1 Å². The van der Waals surface area contributed by atoms with Crippen LogP contribution in [0, 0.1) is 17.8 Å². The molecular weight excluding hydrogens is 801 g/mol. The van der Waals surface area contributed by atoms with E-state index in [1.54, 1.807) is 0 Å². The van der Waals surface area contributed by atoms with Crippen LogP contribution in [0.3, 0.4) is 0 Å². The molecule has 322 valence electrons. The first kappa shape index (κ1) is 40.5. The summed E-state index contributed by atoms with van der Waals surface area (Å²) in [5, 5.41) is 2.46. The Kier molecular flexibility index (Phi) is 9.36. The molecule has 5 aromatic carbocycles. The summed E-state index contributed by atoms with van der Waals surface area (Å²) in [5.41, 5.74) is 17.4. The van der Waals surface area contributed by atoms with Gasteiger partial charge in [0.15, 0.2) is 5.82 Å². The number of hydrogen-bond acceptors (Lipinski definition) is 4. The molecule has 5 aliphatic carbocycles. The second-order valence-corrected chi connectivity index (χ2v) is 20.2. The molecule has 0 saturated carbocycles. The van der Waals surface area contributed by atoms with E-state index in [2.05, 4.69) is 211 Å². The van der Waals surface area contributed by atoms with E-state index >= 15 is 0 Å². The number of allylic oxidation sites excluding steroid dienone is 12. The van der Waals surface area contributed by atoms with Crippen LogP contribution in [0.25, 0.3) is 72.5 Å². The fraction of sp³-hybridized carbons (Fsp3) is 0.226. The predicted octanol–water partition coefficient (Wildman–Crippen LogP) is 15.4. The van der Waals surface area contributed by atoms with E-state index in [-0.39, 0.29) is 22.7 Å². The quantitative estimate of drug-likeness (QED) is 0.167. The standard InChI is InChI=1S/C62H54N4/c1-37-17-10-11-21-44(37)60-64-56(54-58(66-60)50-25-16-18-38(2)52(50)62(54,5)6)42-33-29-40(30-34-42)46-36-35-45(47-22-12-13-23-48(46)47)39-27-31-41(32-28-39)55-53-57(49-24-14-15-26-51(49)61(53,3)4)65-59(63-55)43-19-8-7-9-20-43/h7-17,19-38,44,49,51H,18H2,1-6H3. The number of fused-ring (bicyclic) bond motifs is 6. The number of rotatable bonds is 6. The molecule has 0 radical (unpaired) electrons. The van der Waals surface area contributed by atoms with Crippen LogP contribution in [0.2, 0.25) is 0 Å². The van der Waals surface area contributed by atoms with Crippen LogP contribution >= 0.6 is 0 Å². The van der Waals surface area contributed by atoms with Crippen LogP contribution in [0.15, 0.2) is 182 Å². The minimum atomic E-state index is -0.177. The Labute approximate surface area is 389 Å². The van der Waals surface area contributed by atoms with Crippen molar-refractivity contribution in [2.45, 2.75) is 70.6 Å². The minimum Gasteiger partial charge on any atom is -0.232 e. The van der Waals surface area contributed by atoms with Gasteiger partial charge in [-0.1, -0.05) is 218 Å². The minimum absolute atomic E-state index is 0.126. The van der Waals surface area contributed by atoms with E-state index in [9.17, 15) is 0 Å². The molecule has 0 saturated heterocycles.